The molecule has 7 nitrogen and oxygen atoms in total. The Bertz CT molecular complexity index is 908. The van der Waals surface area contributed by atoms with Gasteiger partial charge in [-0.3, -0.25) is 16.3 Å². The van der Waals surface area contributed by atoms with Crippen LogP contribution in [0.15, 0.2) is 36.7 Å². The predicted molar refractivity (Wildman–Crippen MR) is 102 cm³/mol. The van der Waals surface area contributed by atoms with Crippen LogP contribution < -0.4 is 16.6 Å². The van der Waals surface area contributed by atoms with Crippen molar-refractivity contribution in [2.75, 3.05) is 11.9 Å². The summed E-state index contributed by atoms with van der Waals surface area (Å²) in [6.07, 6.45) is 6.32. The molecule has 0 aliphatic heterocycles. The van der Waals surface area contributed by atoms with Crippen LogP contribution in [-0.2, 0) is 12.0 Å². The minimum atomic E-state index is -0.273. The van der Waals surface area contributed by atoms with E-state index in [1.54, 1.807) is 18.5 Å². The molecular weight excluding hydrogens is 365 g/mol. The lowest BCUT2D eigenvalue weighted by Crippen LogP contribution is -2.42. The van der Waals surface area contributed by atoms with Crippen LogP contribution in [0.3, 0.4) is 0 Å². The van der Waals surface area contributed by atoms with E-state index in [4.69, 9.17) is 5.84 Å². The van der Waals surface area contributed by atoms with Gasteiger partial charge in [-0.1, -0.05) is 6.42 Å². The summed E-state index contributed by atoms with van der Waals surface area (Å²) >= 11 is 1.52. The molecule has 0 radical (unpaired) electrons. The highest BCUT2D eigenvalue weighted by Gasteiger charge is 2.41. The Balaban J connectivity index is 1.44. The monoisotopic (exact) mass is 385 g/mol. The zero-order chi connectivity index (χ0) is 18.7. The van der Waals surface area contributed by atoms with Crippen LogP contribution in [0, 0.1) is 5.82 Å². The molecule has 0 bridgehead atoms. The second-order valence-corrected chi connectivity index (χ2v) is 7.75. The number of pyridine rings is 1. The zero-order valence-corrected chi connectivity index (χ0v) is 15.5. The van der Waals surface area contributed by atoms with Crippen molar-refractivity contribution in [3.63, 3.8) is 0 Å². The van der Waals surface area contributed by atoms with E-state index >= 15 is 0 Å². The van der Waals surface area contributed by atoms with E-state index in [0.29, 0.717) is 30.3 Å². The summed E-state index contributed by atoms with van der Waals surface area (Å²) in [5, 5.41) is 12.6. The number of hydrazine groups is 1. The Morgan fingerprint density at radius 3 is 2.74 bits per heavy atom. The van der Waals surface area contributed by atoms with Gasteiger partial charge in [0.1, 0.15) is 22.3 Å². The van der Waals surface area contributed by atoms with Gasteiger partial charge in [0.25, 0.3) is 0 Å². The number of hydrogen-bond acceptors (Lipinski definition) is 8. The molecule has 9 heteroatoms. The van der Waals surface area contributed by atoms with Crippen LogP contribution in [0.5, 0.6) is 0 Å². The van der Waals surface area contributed by atoms with E-state index in [1.165, 1.54) is 17.4 Å². The van der Waals surface area contributed by atoms with Crippen LogP contribution >= 0.6 is 11.3 Å². The van der Waals surface area contributed by atoms with Gasteiger partial charge in [-0.25, -0.2) is 9.37 Å². The first-order chi connectivity index (χ1) is 13.2. The maximum atomic E-state index is 14.2. The van der Waals surface area contributed by atoms with E-state index in [2.05, 4.69) is 30.9 Å². The number of rotatable bonds is 7. The fourth-order valence-corrected chi connectivity index (χ4v) is 4.11. The van der Waals surface area contributed by atoms with Crippen molar-refractivity contribution in [1.29, 1.82) is 0 Å². The van der Waals surface area contributed by atoms with Crippen LogP contribution in [0.2, 0.25) is 0 Å². The number of nitrogens with one attached hydrogen (secondary N) is 2. The molecule has 0 amide bonds. The van der Waals surface area contributed by atoms with E-state index in [1.807, 2.05) is 12.1 Å². The maximum Gasteiger partial charge on any atom is 0.148 e. The van der Waals surface area contributed by atoms with Crippen LogP contribution in [0.4, 0.5) is 10.2 Å². The smallest absolute Gasteiger partial charge is 0.148 e. The summed E-state index contributed by atoms with van der Waals surface area (Å²) in [5.74, 6) is 5.74. The molecule has 3 aromatic rings. The SMILES string of the molecule is NNCc1cnc(-c2ccc(NCC3(c4ncccc4F)CCC3)nn2)s1. The third-order valence-corrected chi connectivity index (χ3v) is 5.91. The van der Waals surface area contributed by atoms with Gasteiger partial charge in [0.05, 0.1) is 5.69 Å². The number of aromatic nitrogens is 4. The first-order valence-corrected chi connectivity index (χ1v) is 9.59. The Morgan fingerprint density at radius 1 is 1.19 bits per heavy atom. The molecule has 140 valence electrons. The molecule has 27 heavy (non-hydrogen) atoms. The minimum Gasteiger partial charge on any atom is -0.368 e. The van der Waals surface area contributed by atoms with Gasteiger partial charge in [0.15, 0.2) is 0 Å². The normalized spacial score (nSPS) is 15.3. The molecule has 3 heterocycles. The van der Waals surface area contributed by atoms with Crippen molar-refractivity contribution < 1.29 is 4.39 Å². The van der Waals surface area contributed by atoms with E-state index in [9.17, 15) is 4.39 Å². The lowest BCUT2D eigenvalue weighted by molar-refractivity contribution is 0.243. The molecule has 1 aliphatic carbocycles. The van der Waals surface area contributed by atoms with Crippen molar-refractivity contribution in [3.8, 4) is 10.7 Å². The van der Waals surface area contributed by atoms with E-state index in [-0.39, 0.29) is 11.2 Å². The molecule has 4 N–H and O–H groups in total. The van der Waals surface area contributed by atoms with Crippen molar-refractivity contribution in [1.82, 2.24) is 25.6 Å². The standard InChI is InChI=1S/C18H20FN7S/c19-13-3-1-8-21-16(13)18(6-2-7-18)11-23-15-5-4-14(25-26-15)17-22-9-12(27-17)10-24-20/h1,3-5,8-9,24H,2,6-7,10-11,20H2,(H,23,26). The van der Waals surface area contributed by atoms with Crippen LogP contribution in [0.1, 0.15) is 29.8 Å². The van der Waals surface area contributed by atoms with Gasteiger partial charge in [-0.05, 0) is 37.1 Å². The van der Waals surface area contributed by atoms with Gasteiger partial charge in [-0.2, -0.15) is 0 Å². The quantitative estimate of drug-likeness (QED) is 0.424. The van der Waals surface area contributed by atoms with Gasteiger partial charge in [0, 0.05) is 35.8 Å². The molecule has 1 aliphatic rings. The summed E-state index contributed by atoms with van der Waals surface area (Å²) in [5.41, 5.74) is 3.59. The third kappa shape index (κ3) is 3.66. The molecule has 0 aromatic carbocycles. The summed E-state index contributed by atoms with van der Waals surface area (Å²) < 4.78 is 14.2. The second kappa shape index (κ2) is 7.63. The highest BCUT2D eigenvalue weighted by atomic mass is 32.1. The molecule has 3 aromatic heterocycles. The summed E-state index contributed by atoms with van der Waals surface area (Å²) in [4.78, 5) is 9.65. The Hall–Kier alpha value is -2.49. The Labute approximate surface area is 160 Å². The van der Waals surface area contributed by atoms with Crippen molar-refractivity contribution >= 4 is 17.2 Å². The Kier molecular flexibility index (Phi) is 5.06. The molecule has 1 fully saturated rings. The number of nitrogens with two attached hydrogens (primary N) is 1. The molecule has 0 atom stereocenters. The average molecular weight is 385 g/mol. The third-order valence-electron chi connectivity index (χ3n) is 4.89. The molecule has 0 unspecified atom stereocenters. The highest BCUT2D eigenvalue weighted by Crippen LogP contribution is 2.43. The summed E-state index contributed by atoms with van der Waals surface area (Å²) in [6, 6.07) is 6.84. The number of halogens is 1. The minimum absolute atomic E-state index is 0.244. The summed E-state index contributed by atoms with van der Waals surface area (Å²) in [7, 11) is 0. The zero-order valence-electron chi connectivity index (χ0n) is 14.7. The summed E-state index contributed by atoms with van der Waals surface area (Å²) in [6.45, 7) is 1.15. The fourth-order valence-electron chi connectivity index (χ4n) is 3.29. The van der Waals surface area contributed by atoms with Gasteiger partial charge < -0.3 is 5.32 Å². The lowest BCUT2D eigenvalue weighted by Gasteiger charge is -2.41. The number of hydrogen-bond donors (Lipinski definition) is 3. The van der Waals surface area contributed by atoms with E-state index < -0.39 is 0 Å². The predicted octanol–water partition coefficient (Wildman–Crippen LogP) is 2.63. The fraction of sp³-hybridized carbons (Fsp3) is 0.333. The van der Waals surface area contributed by atoms with Gasteiger partial charge in [0.2, 0.25) is 0 Å². The highest BCUT2D eigenvalue weighted by molar-refractivity contribution is 7.14. The van der Waals surface area contributed by atoms with Gasteiger partial charge >= 0.3 is 0 Å². The topological polar surface area (TPSA) is 102 Å². The molecular formula is C18H20FN7S. The second-order valence-electron chi connectivity index (χ2n) is 6.64. The largest absolute Gasteiger partial charge is 0.368 e. The van der Waals surface area contributed by atoms with Crippen LogP contribution in [-0.4, -0.2) is 26.7 Å². The number of thiazole rings is 1. The molecule has 1 saturated carbocycles. The first kappa shape index (κ1) is 17.9. The van der Waals surface area contributed by atoms with Crippen molar-refractivity contribution in [2.45, 2.75) is 31.2 Å². The molecule has 0 spiro atoms. The van der Waals surface area contributed by atoms with Crippen molar-refractivity contribution in [3.05, 3.63) is 53.0 Å². The maximum absolute atomic E-state index is 14.2. The van der Waals surface area contributed by atoms with E-state index in [0.717, 1.165) is 29.1 Å². The van der Waals surface area contributed by atoms with Crippen molar-refractivity contribution in [2.24, 2.45) is 5.84 Å². The van der Waals surface area contributed by atoms with Gasteiger partial charge in [-0.15, -0.1) is 21.5 Å². The molecule has 0 saturated heterocycles. The first-order valence-electron chi connectivity index (χ1n) is 8.77. The average Bonchev–Trinajstić information content (AvgIpc) is 3.12. The Morgan fingerprint density at radius 2 is 2.07 bits per heavy atom. The molecule has 4 rings (SSSR count). The lowest BCUT2D eigenvalue weighted by atomic mass is 9.66. The number of nitrogens with zero attached hydrogens (tertiary/aromatic N) is 4. The van der Waals surface area contributed by atoms with Crippen LogP contribution in [0.25, 0.3) is 10.7 Å². The number of anilines is 1.